The van der Waals surface area contributed by atoms with Crippen LogP contribution in [0.4, 0.5) is 23.4 Å². The Morgan fingerprint density at radius 2 is 1.87 bits per heavy atom. The quantitative estimate of drug-likeness (QED) is 0.312. The molecule has 1 fully saturated rings. The first-order chi connectivity index (χ1) is 18.2. The molecule has 200 valence electrons. The maximum atomic E-state index is 15.1. The van der Waals surface area contributed by atoms with Crippen LogP contribution in [0.1, 0.15) is 5.82 Å². The summed E-state index contributed by atoms with van der Waals surface area (Å²) in [7, 11) is 2.84. The van der Waals surface area contributed by atoms with Gasteiger partial charge in [0.1, 0.15) is 18.2 Å². The van der Waals surface area contributed by atoms with Crippen LogP contribution in [-0.2, 0) is 6.54 Å². The van der Waals surface area contributed by atoms with Gasteiger partial charge in [0.05, 0.1) is 50.3 Å². The molecule has 38 heavy (non-hydrogen) atoms. The van der Waals surface area contributed by atoms with E-state index in [1.165, 1.54) is 49.8 Å². The lowest BCUT2D eigenvalue weighted by atomic mass is 10.2. The predicted molar refractivity (Wildman–Crippen MR) is 126 cm³/mol. The summed E-state index contributed by atoms with van der Waals surface area (Å²) in [5.41, 5.74) is 1.11. The number of rotatable bonds is 8. The van der Waals surface area contributed by atoms with Gasteiger partial charge in [-0.1, -0.05) is 0 Å². The Hall–Kier alpha value is -4.30. The molecule has 5 heterocycles. The highest BCUT2D eigenvalue weighted by Crippen LogP contribution is 2.36. The van der Waals surface area contributed by atoms with E-state index >= 15 is 8.78 Å². The smallest absolute Gasteiger partial charge is 0.319 e. The lowest BCUT2D eigenvalue weighted by molar-refractivity contribution is -0.0608. The molecule has 5 rings (SSSR count). The Bertz CT molecular complexity index is 1470. The normalized spacial score (nSPS) is 16.8. The average molecular weight is 534 g/mol. The fraction of sp³-hybridized carbons (Fsp3) is 0.391. The van der Waals surface area contributed by atoms with Gasteiger partial charge >= 0.3 is 11.9 Å². The van der Waals surface area contributed by atoms with E-state index in [1.807, 2.05) is 0 Å². The Morgan fingerprint density at radius 3 is 2.61 bits per heavy atom. The molecule has 4 aromatic heterocycles. The van der Waals surface area contributed by atoms with E-state index in [4.69, 9.17) is 14.2 Å². The van der Waals surface area contributed by atoms with E-state index in [2.05, 4.69) is 30.0 Å². The number of aryl methyl sites for hydroxylation is 1. The second kappa shape index (κ2) is 9.87. The Labute approximate surface area is 213 Å². The molecule has 11 nitrogen and oxygen atoms in total. The first kappa shape index (κ1) is 25.4. The van der Waals surface area contributed by atoms with Gasteiger partial charge < -0.3 is 19.1 Å². The molecular weight excluding hydrogens is 512 g/mol. The zero-order chi connectivity index (χ0) is 27.0. The summed E-state index contributed by atoms with van der Waals surface area (Å²) in [6.45, 7) is 0.109. The first-order valence-electron chi connectivity index (χ1n) is 11.4. The van der Waals surface area contributed by atoms with Crippen LogP contribution in [0.3, 0.4) is 0 Å². The summed E-state index contributed by atoms with van der Waals surface area (Å²) in [6.07, 6.45) is -0.0282. The van der Waals surface area contributed by atoms with Gasteiger partial charge in [-0.05, 0) is 6.92 Å². The van der Waals surface area contributed by atoms with E-state index in [9.17, 15) is 8.78 Å². The van der Waals surface area contributed by atoms with Gasteiger partial charge in [0, 0.05) is 29.9 Å². The number of hydrogen-bond donors (Lipinski definition) is 0. The van der Waals surface area contributed by atoms with E-state index in [-0.39, 0.29) is 30.1 Å². The fourth-order valence-electron chi connectivity index (χ4n) is 4.13. The highest BCUT2D eigenvalue weighted by atomic mass is 19.3. The zero-order valence-corrected chi connectivity index (χ0v) is 20.5. The minimum absolute atomic E-state index is 0.0971. The molecular formula is C23H22F4N8O3. The second-order valence-electron chi connectivity index (χ2n) is 8.49. The van der Waals surface area contributed by atoms with E-state index in [0.717, 1.165) is 4.68 Å². The number of halogens is 4. The number of pyridine rings is 1. The van der Waals surface area contributed by atoms with Crippen LogP contribution in [0, 0.1) is 6.92 Å². The highest BCUT2D eigenvalue weighted by molar-refractivity contribution is 5.78. The number of hydrogen-bond acceptors (Lipinski definition) is 10. The second-order valence-corrected chi connectivity index (χ2v) is 8.49. The van der Waals surface area contributed by atoms with Gasteiger partial charge in [-0.15, -0.1) is 0 Å². The molecule has 0 bridgehead atoms. The molecule has 0 spiro atoms. The molecule has 0 N–H and O–H groups in total. The maximum absolute atomic E-state index is 15.1. The van der Waals surface area contributed by atoms with Crippen molar-refractivity contribution in [3.05, 3.63) is 36.5 Å². The lowest BCUT2D eigenvalue weighted by Gasteiger charge is -2.18. The van der Waals surface area contributed by atoms with Crippen molar-refractivity contribution in [2.75, 3.05) is 32.2 Å². The number of ether oxygens (including phenoxy) is 3. The van der Waals surface area contributed by atoms with Crippen molar-refractivity contribution in [2.45, 2.75) is 31.9 Å². The third-order valence-electron chi connectivity index (χ3n) is 5.87. The lowest BCUT2D eigenvalue weighted by Crippen LogP contribution is -2.36. The summed E-state index contributed by atoms with van der Waals surface area (Å²) in [6, 6.07) is 2.96. The van der Waals surface area contributed by atoms with Crippen LogP contribution >= 0.6 is 0 Å². The summed E-state index contributed by atoms with van der Waals surface area (Å²) in [5, 5.41) is 4.38. The van der Waals surface area contributed by atoms with Gasteiger partial charge in [-0.2, -0.15) is 10.1 Å². The van der Waals surface area contributed by atoms with Crippen LogP contribution in [0.2, 0.25) is 0 Å². The van der Waals surface area contributed by atoms with Crippen LogP contribution in [0.25, 0.3) is 22.2 Å². The fourth-order valence-corrected chi connectivity index (χ4v) is 4.13. The standard InChI is InChI=1S/C23H22F4N8O3/c1-12-31-15(14-8-29-22(37-3)33-21(14)36-2)4-19(32-12)34-9-17(23(26,27)11-34)38-20-5-16-13(6-28-20)7-30-35(16)10-18(24)25/h4-8,17-18H,9-11H2,1-3H3. The maximum Gasteiger partial charge on any atom is 0.319 e. The topological polar surface area (TPSA) is 113 Å². The minimum Gasteiger partial charge on any atom is -0.480 e. The number of alkyl halides is 4. The van der Waals surface area contributed by atoms with E-state index < -0.39 is 31.5 Å². The molecule has 4 aromatic rings. The molecule has 0 radical (unpaired) electrons. The van der Waals surface area contributed by atoms with Crippen molar-refractivity contribution in [3.8, 4) is 29.0 Å². The number of aromatic nitrogens is 7. The van der Waals surface area contributed by atoms with Crippen LogP contribution in [0.5, 0.6) is 17.8 Å². The van der Waals surface area contributed by atoms with Gasteiger partial charge in [0.2, 0.25) is 11.8 Å². The number of anilines is 1. The van der Waals surface area contributed by atoms with Crippen LogP contribution in [-0.4, -0.2) is 80.5 Å². The van der Waals surface area contributed by atoms with Crippen molar-refractivity contribution in [3.63, 3.8) is 0 Å². The van der Waals surface area contributed by atoms with Crippen molar-refractivity contribution >= 4 is 16.7 Å². The van der Waals surface area contributed by atoms with Crippen molar-refractivity contribution < 1.29 is 31.8 Å². The van der Waals surface area contributed by atoms with Crippen molar-refractivity contribution in [1.82, 2.24) is 34.7 Å². The van der Waals surface area contributed by atoms with E-state index in [0.29, 0.717) is 28.0 Å². The van der Waals surface area contributed by atoms with Gasteiger partial charge in [-0.3, -0.25) is 4.68 Å². The summed E-state index contributed by atoms with van der Waals surface area (Å²) >= 11 is 0. The van der Waals surface area contributed by atoms with Gasteiger partial charge in [0.25, 0.3) is 6.43 Å². The molecule has 1 unspecified atom stereocenters. The summed E-state index contributed by atoms with van der Waals surface area (Å²) in [5.74, 6) is -2.61. The zero-order valence-electron chi connectivity index (χ0n) is 20.5. The number of methoxy groups -OCH3 is 2. The molecule has 1 atom stereocenters. The molecule has 0 aliphatic carbocycles. The molecule has 0 saturated carbocycles. The third kappa shape index (κ3) is 4.95. The molecule has 1 aliphatic heterocycles. The average Bonchev–Trinajstić information content (AvgIpc) is 3.42. The SMILES string of the molecule is COc1ncc(-c2cc(N3CC(Oc4cc5c(cn4)cnn5CC(F)F)C(F)(F)C3)nc(C)n2)c(OC)n1. The van der Waals surface area contributed by atoms with Gasteiger partial charge in [0.15, 0.2) is 6.10 Å². The van der Waals surface area contributed by atoms with Crippen molar-refractivity contribution in [2.24, 2.45) is 0 Å². The molecule has 0 amide bonds. The summed E-state index contributed by atoms with van der Waals surface area (Å²) < 4.78 is 72.8. The van der Waals surface area contributed by atoms with Crippen LogP contribution in [0.15, 0.2) is 30.7 Å². The number of fused-ring (bicyclic) bond motifs is 1. The summed E-state index contributed by atoms with van der Waals surface area (Å²) in [4.78, 5) is 22.4. The van der Waals surface area contributed by atoms with Gasteiger partial charge in [-0.25, -0.2) is 37.5 Å². The Morgan fingerprint density at radius 1 is 1.05 bits per heavy atom. The third-order valence-corrected chi connectivity index (χ3v) is 5.87. The largest absolute Gasteiger partial charge is 0.480 e. The van der Waals surface area contributed by atoms with Crippen LogP contribution < -0.4 is 19.1 Å². The van der Waals surface area contributed by atoms with E-state index in [1.54, 1.807) is 6.92 Å². The molecule has 1 saturated heterocycles. The highest BCUT2D eigenvalue weighted by Gasteiger charge is 2.51. The molecule has 15 heteroatoms. The predicted octanol–water partition coefficient (Wildman–Crippen LogP) is 3.17. The first-order valence-corrected chi connectivity index (χ1v) is 11.4. The van der Waals surface area contributed by atoms with Crippen molar-refractivity contribution in [1.29, 1.82) is 0 Å². The Balaban J connectivity index is 1.40. The molecule has 1 aliphatic rings. The molecule has 0 aromatic carbocycles. The number of nitrogens with zero attached hydrogens (tertiary/aromatic N) is 8. The minimum atomic E-state index is -3.26. The monoisotopic (exact) mass is 534 g/mol. The Kier molecular flexibility index (Phi) is 6.59.